The summed E-state index contributed by atoms with van der Waals surface area (Å²) in [5.74, 6) is 0. The van der Waals surface area contributed by atoms with Crippen LogP contribution in [0.1, 0.15) is 5.69 Å². The largest absolute Gasteiger partial charge is 0.321 e. The average Bonchev–Trinajstić information content (AvgIpc) is 2.18. The first kappa shape index (κ1) is 5.93. The van der Waals surface area contributed by atoms with E-state index in [1.807, 2.05) is 29.8 Å². The number of rotatable bonds is 1. The van der Waals surface area contributed by atoms with Crippen LogP contribution in [-0.2, 0) is 0 Å². The van der Waals surface area contributed by atoms with Crippen molar-refractivity contribution in [2.24, 2.45) is 0 Å². The Hall–Kier alpha value is -1.20. The Labute approximate surface area is 54.9 Å². The molecule has 1 nitrogen and oxygen atoms in total. The Kier molecular flexibility index (Phi) is 1.57. The molecule has 0 atom stereocenters. The predicted octanol–water partition coefficient (Wildman–Crippen LogP) is 2.05. The first-order chi connectivity index (χ1) is 4.34. The fourth-order valence-electron chi connectivity index (χ4n) is 0.722. The summed E-state index contributed by atoms with van der Waals surface area (Å²) >= 11 is 0. The van der Waals surface area contributed by atoms with Gasteiger partial charge in [-0.25, -0.2) is 0 Å². The van der Waals surface area contributed by atoms with Gasteiger partial charge in [-0.05, 0) is 19.1 Å². The molecule has 0 radical (unpaired) electrons. The quantitative estimate of drug-likeness (QED) is 0.498. The SMILES string of the molecule is C=C=Cn1cccc1C. The van der Waals surface area contributed by atoms with Crippen molar-refractivity contribution < 1.29 is 0 Å². The van der Waals surface area contributed by atoms with E-state index >= 15 is 0 Å². The molecule has 0 fully saturated rings. The highest BCUT2D eigenvalue weighted by Crippen LogP contribution is 1.98. The summed E-state index contributed by atoms with van der Waals surface area (Å²) in [6.45, 7) is 5.51. The van der Waals surface area contributed by atoms with Crippen LogP contribution in [-0.4, -0.2) is 4.57 Å². The van der Waals surface area contributed by atoms with Crippen LogP contribution in [0.5, 0.6) is 0 Å². The zero-order valence-corrected chi connectivity index (χ0v) is 5.46. The highest BCUT2D eigenvalue weighted by Gasteiger charge is 1.85. The molecule has 46 valence electrons. The smallest absolute Gasteiger partial charge is 0.0502 e. The zero-order chi connectivity index (χ0) is 6.69. The molecule has 1 aromatic rings. The topological polar surface area (TPSA) is 4.93 Å². The molecule has 1 rings (SSSR count). The van der Waals surface area contributed by atoms with E-state index in [2.05, 4.69) is 12.3 Å². The normalized spacial score (nSPS) is 8.56. The van der Waals surface area contributed by atoms with E-state index in [-0.39, 0.29) is 0 Å². The predicted molar refractivity (Wildman–Crippen MR) is 39.1 cm³/mol. The van der Waals surface area contributed by atoms with Gasteiger partial charge in [0.1, 0.15) is 0 Å². The minimum atomic E-state index is 1.20. The molecule has 0 bridgehead atoms. The second-order valence-corrected chi connectivity index (χ2v) is 1.89. The van der Waals surface area contributed by atoms with E-state index in [0.29, 0.717) is 0 Å². The summed E-state index contributed by atoms with van der Waals surface area (Å²) in [6, 6.07) is 4.02. The molecular weight excluding hydrogens is 110 g/mol. The molecule has 0 saturated carbocycles. The van der Waals surface area contributed by atoms with Gasteiger partial charge in [-0.2, -0.15) is 0 Å². The monoisotopic (exact) mass is 119 g/mol. The van der Waals surface area contributed by atoms with E-state index in [0.717, 1.165) is 0 Å². The minimum absolute atomic E-state index is 1.20. The van der Waals surface area contributed by atoms with E-state index in [9.17, 15) is 0 Å². The van der Waals surface area contributed by atoms with Crippen molar-refractivity contribution in [1.82, 2.24) is 4.57 Å². The van der Waals surface area contributed by atoms with Crippen molar-refractivity contribution in [3.8, 4) is 0 Å². The third-order valence-electron chi connectivity index (χ3n) is 1.22. The lowest BCUT2D eigenvalue weighted by atomic mass is 10.5. The Morgan fingerprint density at radius 3 is 3.00 bits per heavy atom. The summed E-state index contributed by atoms with van der Waals surface area (Å²) in [7, 11) is 0. The molecule has 0 aromatic carbocycles. The maximum absolute atomic E-state index is 3.48. The summed E-state index contributed by atoms with van der Waals surface area (Å²) < 4.78 is 1.97. The number of nitrogens with zero attached hydrogens (tertiary/aromatic N) is 1. The van der Waals surface area contributed by atoms with Gasteiger partial charge in [0.15, 0.2) is 0 Å². The second-order valence-electron chi connectivity index (χ2n) is 1.89. The molecule has 1 heterocycles. The van der Waals surface area contributed by atoms with Crippen molar-refractivity contribution in [2.45, 2.75) is 6.92 Å². The summed E-state index contributed by atoms with van der Waals surface area (Å²) in [6.07, 6.45) is 3.77. The number of hydrogen-bond donors (Lipinski definition) is 0. The van der Waals surface area contributed by atoms with E-state index < -0.39 is 0 Å². The Morgan fingerprint density at radius 2 is 2.56 bits per heavy atom. The van der Waals surface area contributed by atoms with Gasteiger partial charge in [0.25, 0.3) is 0 Å². The van der Waals surface area contributed by atoms with Gasteiger partial charge in [-0.1, -0.05) is 6.58 Å². The highest BCUT2D eigenvalue weighted by atomic mass is 14.9. The molecule has 9 heavy (non-hydrogen) atoms. The third kappa shape index (κ3) is 1.13. The molecule has 0 aliphatic carbocycles. The number of aromatic nitrogens is 1. The molecule has 0 saturated heterocycles. The molecule has 0 unspecified atom stereocenters. The average molecular weight is 119 g/mol. The molecule has 0 amide bonds. The summed E-state index contributed by atoms with van der Waals surface area (Å²) in [5, 5.41) is 0. The van der Waals surface area contributed by atoms with Crippen LogP contribution in [0.25, 0.3) is 6.20 Å². The van der Waals surface area contributed by atoms with Crippen LogP contribution in [0.3, 0.4) is 0 Å². The van der Waals surface area contributed by atoms with Crippen LogP contribution in [0.4, 0.5) is 0 Å². The Morgan fingerprint density at radius 1 is 1.78 bits per heavy atom. The van der Waals surface area contributed by atoms with Gasteiger partial charge >= 0.3 is 0 Å². The van der Waals surface area contributed by atoms with Crippen molar-refractivity contribution in [3.05, 3.63) is 36.3 Å². The van der Waals surface area contributed by atoms with Crippen LogP contribution in [0, 0.1) is 6.92 Å². The summed E-state index contributed by atoms with van der Waals surface area (Å²) in [5.41, 5.74) is 3.90. The van der Waals surface area contributed by atoms with E-state index in [1.165, 1.54) is 5.69 Å². The Balaban J connectivity index is 3.07. The molecule has 0 aliphatic heterocycles. The molecule has 1 heteroatoms. The van der Waals surface area contributed by atoms with Gasteiger partial charge in [0.2, 0.25) is 0 Å². The maximum atomic E-state index is 3.48. The van der Waals surface area contributed by atoms with Crippen LogP contribution in [0.15, 0.2) is 30.6 Å². The molecular formula is C8H9N. The van der Waals surface area contributed by atoms with Crippen molar-refractivity contribution in [3.63, 3.8) is 0 Å². The third-order valence-corrected chi connectivity index (χ3v) is 1.22. The van der Waals surface area contributed by atoms with E-state index in [4.69, 9.17) is 0 Å². The van der Waals surface area contributed by atoms with Crippen molar-refractivity contribution in [2.75, 3.05) is 0 Å². The van der Waals surface area contributed by atoms with E-state index in [1.54, 1.807) is 6.20 Å². The first-order valence-corrected chi connectivity index (χ1v) is 2.84. The lowest BCUT2D eigenvalue weighted by Crippen LogP contribution is -1.83. The molecule has 0 aliphatic rings. The number of aryl methyl sites for hydroxylation is 1. The first-order valence-electron chi connectivity index (χ1n) is 2.84. The lowest BCUT2D eigenvalue weighted by molar-refractivity contribution is 1.09. The Bertz CT molecular complexity index is 239. The van der Waals surface area contributed by atoms with Gasteiger partial charge in [-0.15, -0.1) is 5.73 Å². The molecule has 0 spiro atoms. The van der Waals surface area contributed by atoms with Crippen molar-refractivity contribution in [1.29, 1.82) is 0 Å². The standard InChI is InChI=1S/C8H9N/c1-3-6-9-7-4-5-8(9)2/h4-7H,1H2,2H3. The maximum Gasteiger partial charge on any atom is 0.0502 e. The van der Waals surface area contributed by atoms with Crippen molar-refractivity contribution >= 4 is 6.20 Å². The van der Waals surface area contributed by atoms with Crippen LogP contribution < -0.4 is 0 Å². The number of hydrogen-bond acceptors (Lipinski definition) is 0. The minimum Gasteiger partial charge on any atom is -0.321 e. The molecule has 1 aromatic heterocycles. The zero-order valence-electron chi connectivity index (χ0n) is 5.46. The lowest BCUT2D eigenvalue weighted by Gasteiger charge is -1.91. The van der Waals surface area contributed by atoms with Crippen LogP contribution >= 0.6 is 0 Å². The van der Waals surface area contributed by atoms with Gasteiger partial charge in [0.05, 0.1) is 6.20 Å². The van der Waals surface area contributed by atoms with Crippen LogP contribution in [0.2, 0.25) is 0 Å². The second kappa shape index (κ2) is 2.38. The summed E-state index contributed by atoms with van der Waals surface area (Å²) in [4.78, 5) is 0. The molecule has 0 N–H and O–H groups in total. The fraction of sp³-hybridized carbons (Fsp3) is 0.125. The van der Waals surface area contributed by atoms with Gasteiger partial charge < -0.3 is 4.57 Å². The highest BCUT2D eigenvalue weighted by molar-refractivity contribution is 5.25. The van der Waals surface area contributed by atoms with Gasteiger partial charge in [0, 0.05) is 11.9 Å². The van der Waals surface area contributed by atoms with Gasteiger partial charge in [-0.3, -0.25) is 0 Å². The fourth-order valence-corrected chi connectivity index (χ4v) is 0.722.